The van der Waals surface area contributed by atoms with E-state index in [4.69, 9.17) is 14.5 Å². The SMILES string of the molecule is O=C(CCNP(=O)(O)O)OCc1ccccc1. The maximum atomic E-state index is 11.2. The minimum Gasteiger partial charge on any atom is -0.461 e. The summed E-state index contributed by atoms with van der Waals surface area (Å²) in [4.78, 5) is 28.2. The van der Waals surface area contributed by atoms with Crippen LogP contribution in [0.2, 0.25) is 0 Å². The molecule has 0 fully saturated rings. The first-order chi connectivity index (χ1) is 7.97. The first-order valence-electron chi connectivity index (χ1n) is 4.97. The van der Waals surface area contributed by atoms with Gasteiger partial charge >= 0.3 is 13.7 Å². The molecular weight excluding hydrogens is 245 g/mol. The summed E-state index contributed by atoms with van der Waals surface area (Å²) >= 11 is 0. The Hall–Kier alpha value is -1.20. The van der Waals surface area contributed by atoms with Gasteiger partial charge in [-0.1, -0.05) is 30.3 Å². The Morgan fingerprint density at radius 1 is 1.29 bits per heavy atom. The van der Waals surface area contributed by atoms with Crippen molar-refractivity contribution >= 4 is 13.7 Å². The number of carbonyl (C=O) groups excluding carboxylic acids is 1. The van der Waals surface area contributed by atoms with Crippen LogP contribution in [0.1, 0.15) is 12.0 Å². The van der Waals surface area contributed by atoms with Gasteiger partial charge in [0.05, 0.1) is 6.42 Å². The van der Waals surface area contributed by atoms with Gasteiger partial charge in [0.1, 0.15) is 6.61 Å². The van der Waals surface area contributed by atoms with Crippen molar-refractivity contribution in [2.24, 2.45) is 0 Å². The molecule has 0 bridgehead atoms. The molecule has 0 unspecified atom stereocenters. The predicted octanol–water partition coefficient (Wildman–Crippen LogP) is 0.802. The van der Waals surface area contributed by atoms with E-state index in [1.54, 1.807) is 0 Å². The molecule has 0 radical (unpaired) electrons. The van der Waals surface area contributed by atoms with Crippen molar-refractivity contribution in [2.75, 3.05) is 6.54 Å². The fourth-order valence-electron chi connectivity index (χ4n) is 1.11. The Morgan fingerprint density at radius 3 is 2.53 bits per heavy atom. The zero-order valence-electron chi connectivity index (χ0n) is 9.07. The second kappa shape index (κ2) is 6.51. The number of benzene rings is 1. The van der Waals surface area contributed by atoms with Crippen molar-refractivity contribution in [3.63, 3.8) is 0 Å². The third-order valence-electron chi connectivity index (χ3n) is 1.89. The van der Waals surface area contributed by atoms with Gasteiger partial charge in [-0.05, 0) is 5.56 Å². The maximum absolute atomic E-state index is 11.2. The van der Waals surface area contributed by atoms with Crippen LogP contribution in [0.15, 0.2) is 30.3 Å². The summed E-state index contributed by atoms with van der Waals surface area (Å²) in [6.07, 6.45) is -0.0854. The van der Waals surface area contributed by atoms with Crippen LogP contribution in [0.3, 0.4) is 0 Å². The van der Waals surface area contributed by atoms with Crippen molar-refractivity contribution < 1.29 is 23.9 Å². The van der Waals surface area contributed by atoms with Crippen LogP contribution in [-0.2, 0) is 20.7 Å². The van der Waals surface area contributed by atoms with Crippen LogP contribution in [0.25, 0.3) is 0 Å². The van der Waals surface area contributed by atoms with Crippen molar-refractivity contribution in [1.82, 2.24) is 5.09 Å². The molecule has 0 aliphatic heterocycles. The summed E-state index contributed by atoms with van der Waals surface area (Å²) in [5, 5.41) is 1.92. The molecule has 0 aromatic heterocycles. The Morgan fingerprint density at radius 2 is 1.94 bits per heavy atom. The number of esters is 1. The Balaban J connectivity index is 2.20. The molecule has 0 spiro atoms. The van der Waals surface area contributed by atoms with E-state index in [-0.39, 0.29) is 19.6 Å². The molecule has 1 rings (SSSR count). The van der Waals surface area contributed by atoms with Crippen LogP contribution in [0, 0.1) is 0 Å². The summed E-state index contributed by atoms with van der Waals surface area (Å²) < 4.78 is 15.3. The lowest BCUT2D eigenvalue weighted by Gasteiger charge is -2.06. The topological polar surface area (TPSA) is 95.9 Å². The molecular formula is C10H14NO5P. The number of hydrogen-bond donors (Lipinski definition) is 3. The molecule has 3 N–H and O–H groups in total. The summed E-state index contributed by atoms with van der Waals surface area (Å²) in [5.41, 5.74) is 0.865. The largest absolute Gasteiger partial charge is 0.461 e. The van der Waals surface area contributed by atoms with Crippen LogP contribution in [-0.4, -0.2) is 22.3 Å². The van der Waals surface area contributed by atoms with Crippen LogP contribution < -0.4 is 5.09 Å². The first-order valence-corrected chi connectivity index (χ1v) is 6.59. The Kier molecular flexibility index (Phi) is 5.31. The molecule has 0 aliphatic rings. The fourth-order valence-corrected chi connectivity index (χ4v) is 1.52. The van der Waals surface area contributed by atoms with Gasteiger partial charge in [-0.2, -0.15) is 0 Å². The zero-order chi connectivity index (χ0) is 12.7. The minimum absolute atomic E-state index is 0.0854. The number of nitrogens with one attached hydrogen (secondary N) is 1. The van der Waals surface area contributed by atoms with E-state index in [1.165, 1.54) is 0 Å². The van der Waals surface area contributed by atoms with Crippen molar-refractivity contribution in [1.29, 1.82) is 0 Å². The summed E-state index contributed by atoms with van der Waals surface area (Å²) in [7, 11) is -4.26. The zero-order valence-corrected chi connectivity index (χ0v) is 9.97. The van der Waals surface area contributed by atoms with Gasteiger partial charge in [0.2, 0.25) is 0 Å². The number of ether oxygens (including phenoxy) is 1. The standard InChI is InChI=1S/C10H14NO5P/c12-10(6-7-11-17(13,14)15)16-8-9-4-2-1-3-5-9/h1-5H,6-8H2,(H3,11,13,14,15). The smallest absolute Gasteiger partial charge is 0.400 e. The van der Waals surface area contributed by atoms with E-state index in [0.29, 0.717) is 0 Å². The molecule has 1 aromatic rings. The molecule has 0 saturated carbocycles. The monoisotopic (exact) mass is 259 g/mol. The minimum atomic E-state index is -4.26. The molecule has 6 nitrogen and oxygen atoms in total. The lowest BCUT2D eigenvalue weighted by Crippen LogP contribution is -2.16. The van der Waals surface area contributed by atoms with Gasteiger partial charge in [-0.3, -0.25) is 4.79 Å². The number of carbonyl (C=O) groups is 1. The Labute approximate surface area is 98.8 Å². The third kappa shape index (κ3) is 6.86. The van der Waals surface area contributed by atoms with Gasteiger partial charge in [0.25, 0.3) is 0 Å². The van der Waals surface area contributed by atoms with Crippen molar-refractivity contribution in [2.45, 2.75) is 13.0 Å². The van der Waals surface area contributed by atoms with E-state index in [1.807, 2.05) is 35.4 Å². The highest BCUT2D eigenvalue weighted by atomic mass is 31.2. The average Bonchev–Trinajstić information content (AvgIpc) is 2.26. The molecule has 0 aliphatic carbocycles. The highest BCUT2D eigenvalue weighted by molar-refractivity contribution is 7.49. The quantitative estimate of drug-likeness (QED) is 0.516. The molecule has 0 saturated heterocycles. The second-order valence-corrected chi connectivity index (χ2v) is 4.75. The maximum Gasteiger partial charge on any atom is 0.400 e. The molecule has 7 heteroatoms. The fraction of sp³-hybridized carbons (Fsp3) is 0.300. The first kappa shape index (κ1) is 13.9. The third-order valence-corrected chi connectivity index (χ3v) is 2.53. The normalized spacial score (nSPS) is 11.2. The number of hydrogen-bond acceptors (Lipinski definition) is 3. The highest BCUT2D eigenvalue weighted by Crippen LogP contribution is 2.27. The van der Waals surface area contributed by atoms with Crippen LogP contribution in [0.5, 0.6) is 0 Å². The second-order valence-electron chi connectivity index (χ2n) is 3.35. The molecule has 0 heterocycles. The molecule has 1 aromatic carbocycles. The summed E-state index contributed by atoms with van der Waals surface area (Å²) in [5.74, 6) is -0.505. The average molecular weight is 259 g/mol. The molecule has 17 heavy (non-hydrogen) atoms. The van der Waals surface area contributed by atoms with E-state index in [9.17, 15) is 9.36 Å². The molecule has 0 atom stereocenters. The van der Waals surface area contributed by atoms with Gasteiger partial charge in [-0.15, -0.1) is 0 Å². The highest BCUT2D eigenvalue weighted by Gasteiger charge is 2.12. The lowest BCUT2D eigenvalue weighted by molar-refractivity contribution is -0.144. The lowest BCUT2D eigenvalue weighted by atomic mass is 10.2. The Bertz CT molecular complexity index is 402. The van der Waals surface area contributed by atoms with Crippen LogP contribution in [0.4, 0.5) is 0 Å². The predicted molar refractivity (Wildman–Crippen MR) is 60.9 cm³/mol. The van der Waals surface area contributed by atoms with E-state index < -0.39 is 13.7 Å². The summed E-state index contributed by atoms with van der Waals surface area (Å²) in [6, 6.07) is 9.16. The molecule has 94 valence electrons. The van der Waals surface area contributed by atoms with Crippen LogP contribution >= 0.6 is 7.75 Å². The van der Waals surface area contributed by atoms with Gasteiger partial charge in [0.15, 0.2) is 0 Å². The van der Waals surface area contributed by atoms with Gasteiger partial charge in [0, 0.05) is 6.54 Å². The summed E-state index contributed by atoms with van der Waals surface area (Å²) in [6.45, 7) is 0.0491. The van der Waals surface area contributed by atoms with Crippen molar-refractivity contribution in [3.8, 4) is 0 Å². The number of rotatable bonds is 6. The van der Waals surface area contributed by atoms with Crippen molar-refractivity contribution in [3.05, 3.63) is 35.9 Å². The van der Waals surface area contributed by atoms with Gasteiger partial charge in [-0.25, -0.2) is 9.65 Å². The van der Waals surface area contributed by atoms with E-state index in [0.717, 1.165) is 5.56 Å². The van der Waals surface area contributed by atoms with E-state index >= 15 is 0 Å². The van der Waals surface area contributed by atoms with E-state index in [2.05, 4.69) is 0 Å². The van der Waals surface area contributed by atoms with Gasteiger partial charge < -0.3 is 14.5 Å². The molecule has 0 amide bonds.